The number of anilines is 10. The lowest BCUT2D eigenvalue weighted by atomic mass is 10.0. The van der Waals surface area contributed by atoms with E-state index in [0.717, 1.165) is 33.2 Å². The van der Waals surface area contributed by atoms with Gasteiger partial charge in [0.2, 0.25) is 0 Å². The Kier molecular flexibility index (Phi) is 31.4. The lowest BCUT2D eigenvalue weighted by Crippen LogP contribution is -2.12. The molecule has 0 fully saturated rings. The highest BCUT2D eigenvalue weighted by Crippen LogP contribution is 2.32. The largest absolute Gasteiger partial charge is 0.342 e. The van der Waals surface area contributed by atoms with Gasteiger partial charge in [0.15, 0.2) is 28.9 Å². The molecule has 10 aromatic heterocycles. The summed E-state index contributed by atoms with van der Waals surface area (Å²) in [4.78, 5) is 131. The van der Waals surface area contributed by atoms with Crippen LogP contribution < -0.4 is 24.5 Å². The molecule has 0 N–H and O–H groups in total. The number of nitriles is 1. The number of pyridine rings is 3. The van der Waals surface area contributed by atoms with Crippen molar-refractivity contribution in [3.63, 3.8) is 0 Å². The molecule has 0 aliphatic heterocycles. The smallest absolute Gasteiger partial charge is 0.169 e. The summed E-state index contributed by atoms with van der Waals surface area (Å²) < 4.78 is 56.0. The molecule has 10 heterocycles. The molecule has 0 bridgehead atoms. The molecule has 123 heavy (non-hydrogen) atoms. The lowest BCUT2D eigenvalue weighted by Gasteiger charge is -2.19. The number of thiazole rings is 2. The second kappa shape index (κ2) is 43.4. The van der Waals surface area contributed by atoms with Crippen LogP contribution in [0, 0.1) is 48.4 Å². The Bertz CT molecular complexity index is 6170. The van der Waals surface area contributed by atoms with Crippen LogP contribution in [0.15, 0.2) is 257 Å². The number of ketones is 5. The van der Waals surface area contributed by atoms with E-state index >= 15 is 0 Å². The number of carbonyl (C=O) groups is 5. The quantitative estimate of drug-likeness (QED) is 0.0379. The van der Waals surface area contributed by atoms with E-state index in [1.54, 1.807) is 189 Å². The van der Waals surface area contributed by atoms with Crippen molar-refractivity contribution in [2.75, 3.05) is 59.7 Å². The van der Waals surface area contributed by atoms with Gasteiger partial charge in [-0.15, -0.1) is 22.7 Å². The van der Waals surface area contributed by atoms with Gasteiger partial charge < -0.3 is 24.5 Å². The van der Waals surface area contributed by atoms with E-state index in [-0.39, 0.29) is 72.1 Å². The minimum Gasteiger partial charge on any atom is -0.342 e. The van der Waals surface area contributed by atoms with Crippen molar-refractivity contribution >= 4 is 132 Å². The number of benzene rings is 5. The molecule has 0 aliphatic rings. The fourth-order valence-electron chi connectivity index (χ4n) is 11.7. The van der Waals surface area contributed by atoms with Gasteiger partial charge in [-0.25, -0.2) is 77.4 Å². The zero-order chi connectivity index (χ0) is 87.5. The molecule has 0 unspecified atom stereocenters. The molecule has 618 valence electrons. The molecule has 15 aromatic rings. The van der Waals surface area contributed by atoms with Crippen LogP contribution in [0.2, 0.25) is 10.0 Å². The Labute approximate surface area is 722 Å². The van der Waals surface area contributed by atoms with Gasteiger partial charge in [0.25, 0.3) is 0 Å². The van der Waals surface area contributed by atoms with Gasteiger partial charge in [-0.05, 0) is 140 Å². The fraction of sp³-hybridized carbons (Fsp3) is 0.135. The summed E-state index contributed by atoms with van der Waals surface area (Å²) in [7, 11) is 8.91. The summed E-state index contributed by atoms with van der Waals surface area (Å²) in [5, 5.41) is 14.9. The number of nitrogens with zero attached hydrogens (tertiary/aromatic N) is 21. The minimum absolute atomic E-state index is 0.00568. The normalized spacial score (nSPS) is 10.5. The molecule has 34 heteroatoms. The zero-order valence-electron chi connectivity index (χ0n) is 66.8. The molecule has 0 radical (unpaired) electrons. The maximum atomic E-state index is 14.0. The Morgan fingerprint density at radius 2 is 0.715 bits per heavy atom. The van der Waals surface area contributed by atoms with Gasteiger partial charge in [-0.2, -0.15) is 5.26 Å². The van der Waals surface area contributed by atoms with Gasteiger partial charge in [-0.3, -0.25) is 38.9 Å². The third kappa shape index (κ3) is 26.2. The first-order valence-electron chi connectivity index (χ1n) is 37.1. The van der Waals surface area contributed by atoms with E-state index < -0.39 is 23.3 Å². The maximum absolute atomic E-state index is 14.0. The average molecular weight is 1730 g/mol. The SMILES string of the molecule is CN(c1cncnc1)c1cc(F)cc(C(=O)Cc2ccc(C#N)cn2)c1.CN(c1cncnc1)c1cc(F)cc(C(=O)Cc2ccc(Cl)cn2)c1.CN(c1cncnc1)c1cc(F)cc(C(=O)Cc2nccs2)c1.Cc1cncc(CC(=O)c2cc(Cl)cc(N(C)c3cncnc3)c2)c1.Cc1csc(CC(=O)c2cc(F)cc(N(C)c3cncnc3)c2)n1. The summed E-state index contributed by atoms with van der Waals surface area (Å²) in [6.07, 6.45) is 32.2. The molecule has 0 atom stereocenters. The number of aromatic nitrogens is 15. The summed E-state index contributed by atoms with van der Waals surface area (Å²) in [5.41, 5.74) is 12.6. The van der Waals surface area contributed by atoms with Crippen LogP contribution in [0.4, 0.5) is 74.4 Å². The highest BCUT2D eigenvalue weighted by Gasteiger charge is 2.21. The summed E-state index contributed by atoms with van der Waals surface area (Å²) in [6.45, 7) is 3.83. The standard InChI is InChI=1S/C19H17ClN4O.C19H14FN5O.C18H14ClFN4O.C17H15FN4OS.C16H13FN4OS/c1-13-3-14(9-21-8-13)4-19(25)15-5-16(20)7-17(6-15)24(2)18-10-22-12-23-11-18;1-25(18-10-22-12-23-11-18)17-5-14(4-15(20)6-17)19(26)7-16-3-2-13(8-21)9-24-16;1-24(17-9-21-11-22-10-17)16-5-12(4-14(20)6-16)18(25)7-15-3-2-13(19)8-23-15;1-11-9-24-17(21-11)6-16(23)12-3-13(18)5-14(4-12)22(2)15-7-19-10-20-8-15;1-21(14-8-18-10-19-9-14)13-5-11(4-12(17)6-13)15(22)7-16-20-2-3-23-16/h3,5-12H,4H2,1-2H3;2-6,9-12H,7H2,1H3;2-6,8-11H,7H2,1H3;3-5,7-10H,6H2,1-2H3;2-6,8-10H,7H2,1H3. The first-order valence-corrected chi connectivity index (χ1v) is 39.6. The fourth-order valence-corrected chi connectivity index (χ4v) is 13.4. The second-order valence-corrected chi connectivity index (χ2v) is 29.9. The second-order valence-electron chi connectivity index (χ2n) is 27.1. The number of hydrogen-bond acceptors (Lipinski definition) is 28. The van der Waals surface area contributed by atoms with Gasteiger partial charge in [0.1, 0.15) is 71.0 Å². The van der Waals surface area contributed by atoms with Crippen LogP contribution in [0.1, 0.15) is 95.6 Å². The minimum atomic E-state index is -0.512. The number of hydrogen-bond donors (Lipinski definition) is 0. The summed E-state index contributed by atoms with van der Waals surface area (Å²) in [6, 6.07) is 32.7. The van der Waals surface area contributed by atoms with Crippen LogP contribution in [0.3, 0.4) is 0 Å². The number of aryl methyl sites for hydroxylation is 2. The monoisotopic (exact) mass is 1730 g/mol. The Balaban J connectivity index is 0.000000150. The molecule has 0 saturated heterocycles. The summed E-state index contributed by atoms with van der Waals surface area (Å²) in [5.74, 6) is -2.76. The van der Waals surface area contributed by atoms with Crippen molar-refractivity contribution in [3.8, 4) is 6.07 Å². The number of halogens is 6. The molecule has 0 spiro atoms. The van der Waals surface area contributed by atoms with Crippen molar-refractivity contribution in [2.45, 2.75) is 46.0 Å². The van der Waals surface area contributed by atoms with E-state index in [9.17, 15) is 41.5 Å². The first kappa shape index (κ1) is 89.1. The highest BCUT2D eigenvalue weighted by atomic mass is 35.5. The predicted molar refractivity (Wildman–Crippen MR) is 464 cm³/mol. The first-order chi connectivity index (χ1) is 59.3. The van der Waals surface area contributed by atoms with Crippen molar-refractivity contribution < 1.29 is 41.5 Å². The molecule has 15 rings (SSSR count). The Morgan fingerprint density at radius 3 is 1.05 bits per heavy atom. The molecular weight excluding hydrogens is 1650 g/mol. The number of carbonyl (C=O) groups excluding carboxylic acids is 5. The highest BCUT2D eigenvalue weighted by molar-refractivity contribution is 7.10. The van der Waals surface area contributed by atoms with Crippen LogP contribution in [0.5, 0.6) is 0 Å². The van der Waals surface area contributed by atoms with Crippen molar-refractivity contribution in [1.82, 2.24) is 74.8 Å². The number of rotatable bonds is 25. The molecule has 5 aromatic carbocycles. The van der Waals surface area contributed by atoms with E-state index in [2.05, 4.69) is 74.8 Å². The zero-order valence-corrected chi connectivity index (χ0v) is 69.9. The predicted octanol–water partition coefficient (Wildman–Crippen LogP) is 17.8. The van der Waals surface area contributed by atoms with Crippen molar-refractivity contribution in [3.05, 3.63) is 362 Å². The van der Waals surface area contributed by atoms with Crippen LogP contribution in [0.25, 0.3) is 0 Å². The molecule has 0 saturated carbocycles. The maximum Gasteiger partial charge on any atom is 0.169 e. The van der Waals surface area contributed by atoms with Gasteiger partial charge in [-0.1, -0.05) is 29.3 Å². The Morgan fingerprint density at radius 1 is 0.358 bits per heavy atom. The van der Waals surface area contributed by atoms with E-state index in [1.807, 2.05) is 54.8 Å². The molecule has 26 nitrogen and oxygen atoms in total. The topological polar surface area (TPSA) is 319 Å². The third-order valence-corrected chi connectivity index (χ3v) is 20.3. The average Bonchev–Trinajstić information content (AvgIpc) is 1.65. The van der Waals surface area contributed by atoms with Gasteiger partial charge in [0, 0.05) is 162 Å². The van der Waals surface area contributed by atoms with Crippen molar-refractivity contribution in [1.29, 1.82) is 5.26 Å². The summed E-state index contributed by atoms with van der Waals surface area (Å²) >= 11 is 14.9. The van der Waals surface area contributed by atoms with Crippen LogP contribution in [-0.4, -0.2) is 139 Å². The molecule has 0 aliphatic carbocycles. The van der Waals surface area contributed by atoms with E-state index in [1.165, 1.54) is 115 Å². The lowest BCUT2D eigenvalue weighted by molar-refractivity contribution is 0.0983. The van der Waals surface area contributed by atoms with Gasteiger partial charge in [0.05, 0.1) is 127 Å². The molecular formula is C89H73Cl2F4N21O5S2. The number of Topliss-reactive ketones (excluding diaryl/α,β-unsaturated/α-hetero) is 5. The third-order valence-electron chi connectivity index (χ3n) is 18.1. The van der Waals surface area contributed by atoms with Gasteiger partial charge >= 0.3 is 0 Å². The van der Waals surface area contributed by atoms with Crippen molar-refractivity contribution in [2.24, 2.45) is 0 Å². The van der Waals surface area contributed by atoms with E-state index in [4.69, 9.17) is 28.5 Å². The molecule has 0 amide bonds. The van der Waals surface area contributed by atoms with E-state index in [0.29, 0.717) is 94.2 Å². The Hall–Kier alpha value is -14.7. The van der Waals surface area contributed by atoms with Crippen LogP contribution >= 0.6 is 45.9 Å². The van der Waals surface area contributed by atoms with Crippen LogP contribution in [-0.2, 0) is 32.1 Å².